The summed E-state index contributed by atoms with van der Waals surface area (Å²) in [6.07, 6.45) is 8.49. The van der Waals surface area contributed by atoms with E-state index in [9.17, 15) is 0 Å². The van der Waals surface area contributed by atoms with Gasteiger partial charge in [0.15, 0.2) is 0 Å². The number of nitrogens with zero attached hydrogens (tertiary/aromatic N) is 3. The Labute approximate surface area is 182 Å². The third kappa shape index (κ3) is 17.9. The van der Waals surface area contributed by atoms with E-state index in [1.54, 1.807) is 0 Å². The van der Waals surface area contributed by atoms with Gasteiger partial charge < -0.3 is 14.7 Å². The highest BCUT2D eigenvalue weighted by atomic mass is 15.1. The molecule has 3 heteroatoms. The lowest BCUT2D eigenvalue weighted by Gasteiger charge is -2.31. The first-order chi connectivity index (χ1) is 11.4. The van der Waals surface area contributed by atoms with Crippen LogP contribution < -0.4 is 0 Å². The monoisotopic (exact) mass is 403 g/mol. The molecule has 0 N–H and O–H groups in total. The molecule has 0 saturated carbocycles. The number of hydrogen-bond acceptors (Lipinski definition) is 3. The zero-order valence-corrected chi connectivity index (χ0v) is 17.6. The molecule has 0 bridgehead atoms. The molecule has 28 heavy (non-hydrogen) atoms. The Bertz CT molecular complexity index is 259. The molecule has 3 nitrogen and oxygen atoms in total. The Morgan fingerprint density at radius 2 is 0.893 bits per heavy atom. The maximum absolute atomic E-state index is 2.43. The molecule has 0 aliphatic carbocycles. The average molecular weight is 404 g/mol. The molecule has 176 valence electrons. The van der Waals surface area contributed by atoms with Crippen LogP contribution in [-0.4, -0.2) is 75.1 Å². The highest BCUT2D eigenvalue weighted by Crippen LogP contribution is 2.19. The Morgan fingerprint density at radius 1 is 0.500 bits per heavy atom. The van der Waals surface area contributed by atoms with Crippen molar-refractivity contribution in [2.75, 3.05) is 60.4 Å². The van der Waals surface area contributed by atoms with Crippen LogP contribution in [0.3, 0.4) is 0 Å². The summed E-state index contributed by atoms with van der Waals surface area (Å²) in [6.45, 7) is 14.9. The molecule has 3 aliphatic rings. The van der Waals surface area contributed by atoms with Crippen molar-refractivity contribution in [1.82, 2.24) is 14.7 Å². The lowest BCUT2D eigenvalue weighted by molar-refractivity contribution is 0.171. The lowest BCUT2D eigenvalue weighted by atomic mass is 9.92. The molecular formula is C25H61N3. The standard InChI is InChI=1S/C8H17N.C7H15N.C6H13N.4CH4/c1-7-4-8(2)6-9(3)5-7;1-7-3-5-8(2)6-4-7;1-7-5-3-2-4-6-7;;;;/h7-8H,4-6H2,1-3H3;7H,3-6H2,1-2H3;2-6H2,1H3;4*1H4. The Kier molecular flexibility index (Phi) is 25.4. The lowest BCUT2D eigenvalue weighted by Crippen LogP contribution is -2.35. The van der Waals surface area contributed by atoms with Crippen molar-refractivity contribution < 1.29 is 0 Å². The van der Waals surface area contributed by atoms with E-state index >= 15 is 0 Å². The van der Waals surface area contributed by atoms with Crippen LogP contribution in [0.25, 0.3) is 0 Å². The van der Waals surface area contributed by atoms with Crippen LogP contribution in [0, 0.1) is 17.8 Å². The summed E-state index contributed by atoms with van der Waals surface area (Å²) in [5.41, 5.74) is 0. The van der Waals surface area contributed by atoms with Crippen molar-refractivity contribution >= 4 is 0 Å². The number of piperidine rings is 3. The van der Waals surface area contributed by atoms with Gasteiger partial charge in [0, 0.05) is 13.1 Å². The summed E-state index contributed by atoms with van der Waals surface area (Å²) in [5.74, 6) is 2.81. The summed E-state index contributed by atoms with van der Waals surface area (Å²) < 4.78 is 0. The predicted octanol–water partition coefficient (Wildman–Crippen LogP) is 6.59. The van der Waals surface area contributed by atoms with E-state index in [-0.39, 0.29) is 29.7 Å². The molecular weight excluding hydrogens is 342 g/mol. The van der Waals surface area contributed by atoms with Crippen LogP contribution in [0.5, 0.6) is 0 Å². The molecule has 0 aromatic heterocycles. The molecule has 3 saturated heterocycles. The van der Waals surface area contributed by atoms with Gasteiger partial charge in [-0.3, -0.25) is 0 Å². The Hall–Kier alpha value is -0.120. The molecule has 3 aliphatic heterocycles. The molecule has 0 radical (unpaired) electrons. The van der Waals surface area contributed by atoms with Gasteiger partial charge in [0.05, 0.1) is 0 Å². The quantitative estimate of drug-likeness (QED) is 0.452. The van der Waals surface area contributed by atoms with Crippen molar-refractivity contribution in [3.8, 4) is 0 Å². The smallest absolute Gasteiger partial charge is 0.000419 e. The molecule has 3 fully saturated rings. The van der Waals surface area contributed by atoms with Crippen LogP contribution in [0.15, 0.2) is 0 Å². The number of hydrogen-bond donors (Lipinski definition) is 0. The normalized spacial score (nSPS) is 26.4. The van der Waals surface area contributed by atoms with Crippen molar-refractivity contribution in [3.63, 3.8) is 0 Å². The number of likely N-dealkylation sites (tertiary alicyclic amines) is 3. The summed E-state index contributed by atoms with van der Waals surface area (Å²) in [7, 11) is 6.61. The van der Waals surface area contributed by atoms with Gasteiger partial charge in [-0.15, -0.1) is 0 Å². The fourth-order valence-electron chi connectivity index (χ4n) is 4.16. The van der Waals surface area contributed by atoms with Gasteiger partial charge >= 0.3 is 0 Å². The third-order valence-electron chi connectivity index (χ3n) is 5.64. The van der Waals surface area contributed by atoms with Gasteiger partial charge in [-0.2, -0.15) is 0 Å². The van der Waals surface area contributed by atoms with E-state index in [0.29, 0.717) is 0 Å². The van der Waals surface area contributed by atoms with Crippen molar-refractivity contribution in [2.45, 2.75) is 89.0 Å². The second-order valence-electron chi connectivity index (χ2n) is 9.02. The molecule has 0 aromatic rings. The summed E-state index contributed by atoms with van der Waals surface area (Å²) in [4.78, 5) is 7.22. The van der Waals surface area contributed by atoms with Crippen molar-refractivity contribution in [1.29, 1.82) is 0 Å². The van der Waals surface area contributed by atoms with Crippen LogP contribution in [0.4, 0.5) is 0 Å². The van der Waals surface area contributed by atoms with Crippen molar-refractivity contribution in [2.24, 2.45) is 17.8 Å². The van der Waals surface area contributed by atoms with Crippen LogP contribution in [-0.2, 0) is 0 Å². The minimum Gasteiger partial charge on any atom is -0.306 e. The highest BCUT2D eigenvalue weighted by Gasteiger charge is 2.18. The van der Waals surface area contributed by atoms with Gasteiger partial charge in [0.25, 0.3) is 0 Å². The van der Waals surface area contributed by atoms with Gasteiger partial charge in [-0.05, 0) is 97.2 Å². The van der Waals surface area contributed by atoms with Gasteiger partial charge in [-0.25, -0.2) is 0 Å². The first kappa shape index (κ1) is 35.3. The van der Waals surface area contributed by atoms with Crippen LogP contribution >= 0.6 is 0 Å². The third-order valence-corrected chi connectivity index (χ3v) is 5.64. The van der Waals surface area contributed by atoms with Crippen LogP contribution in [0.1, 0.15) is 89.0 Å². The first-order valence-electron chi connectivity index (χ1n) is 10.4. The van der Waals surface area contributed by atoms with E-state index in [4.69, 9.17) is 0 Å². The predicted molar refractivity (Wildman–Crippen MR) is 135 cm³/mol. The molecule has 0 spiro atoms. The van der Waals surface area contributed by atoms with E-state index in [0.717, 1.165) is 17.8 Å². The summed E-state index contributed by atoms with van der Waals surface area (Å²) in [5, 5.41) is 0. The average Bonchev–Trinajstić information content (AvgIpc) is 2.51. The summed E-state index contributed by atoms with van der Waals surface area (Å²) in [6, 6.07) is 0. The highest BCUT2D eigenvalue weighted by molar-refractivity contribution is 4.71. The zero-order valence-electron chi connectivity index (χ0n) is 17.6. The van der Waals surface area contributed by atoms with Crippen LogP contribution in [0.2, 0.25) is 0 Å². The maximum atomic E-state index is 2.43. The fraction of sp³-hybridized carbons (Fsp3) is 1.00. The Morgan fingerprint density at radius 3 is 1.18 bits per heavy atom. The minimum atomic E-state index is 0. The SMILES string of the molecule is C.C.C.C.CC1CC(C)CN(C)C1.CC1CCN(C)CC1.CN1CCCCC1. The molecule has 2 unspecified atom stereocenters. The van der Waals surface area contributed by atoms with Crippen molar-refractivity contribution in [3.05, 3.63) is 0 Å². The molecule has 3 heterocycles. The summed E-state index contributed by atoms with van der Waals surface area (Å²) >= 11 is 0. The van der Waals surface area contributed by atoms with E-state index in [1.807, 2.05) is 0 Å². The van der Waals surface area contributed by atoms with E-state index in [2.05, 4.69) is 56.6 Å². The van der Waals surface area contributed by atoms with E-state index < -0.39 is 0 Å². The Balaban J connectivity index is -0.000000145. The second kappa shape index (κ2) is 20.2. The van der Waals surface area contributed by atoms with Gasteiger partial charge in [0.2, 0.25) is 0 Å². The molecule has 0 aromatic carbocycles. The minimum absolute atomic E-state index is 0. The van der Waals surface area contributed by atoms with Gasteiger partial charge in [-0.1, -0.05) is 56.9 Å². The molecule has 3 rings (SSSR count). The topological polar surface area (TPSA) is 9.72 Å². The van der Waals surface area contributed by atoms with E-state index in [1.165, 1.54) is 77.8 Å². The number of rotatable bonds is 0. The second-order valence-corrected chi connectivity index (χ2v) is 9.02. The largest absolute Gasteiger partial charge is 0.306 e. The first-order valence-corrected chi connectivity index (χ1v) is 10.4. The zero-order chi connectivity index (χ0) is 17.9. The molecule has 0 amide bonds. The fourth-order valence-corrected chi connectivity index (χ4v) is 4.16. The maximum Gasteiger partial charge on any atom is 0.000419 e. The van der Waals surface area contributed by atoms with Gasteiger partial charge in [0.1, 0.15) is 0 Å². The molecule has 2 atom stereocenters.